The fourth-order valence-electron chi connectivity index (χ4n) is 4.21. The molecule has 1 aromatic rings. The van der Waals surface area contributed by atoms with E-state index in [9.17, 15) is 9.59 Å². The highest BCUT2D eigenvalue weighted by Gasteiger charge is 2.34. The lowest BCUT2D eigenvalue weighted by Gasteiger charge is -2.38. The molecule has 3 rings (SSSR count). The van der Waals surface area contributed by atoms with Crippen molar-refractivity contribution in [3.63, 3.8) is 0 Å². The molecule has 1 unspecified atom stereocenters. The number of hydrogen-bond acceptors (Lipinski definition) is 5. The van der Waals surface area contributed by atoms with Crippen LogP contribution >= 0.6 is 0 Å². The molecule has 0 spiro atoms. The summed E-state index contributed by atoms with van der Waals surface area (Å²) in [6.07, 6.45) is 6.99. The Morgan fingerprint density at radius 1 is 1.21 bits per heavy atom. The third-order valence-electron chi connectivity index (χ3n) is 5.76. The van der Waals surface area contributed by atoms with E-state index in [0.29, 0.717) is 31.6 Å². The molecule has 3 amide bonds. The van der Waals surface area contributed by atoms with E-state index in [-0.39, 0.29) is 11.9 Å². The number of ether oxygens (including phenoxy) is 1. The number of amides is 3. The van der Waals surface area contributed by atoms with E-state index in [0.717, 1.165) is 52.1 Å². The first kappa shape index (κ1) is 21.6. The molecule has 3 heterocycles. The van der Waals surface area contributed by atoms with Crippen molar-refractivity contribution in [1.29, 1.82) is 0 Å². The summed E-state index contributed by atoms with van der Waals surface area (Å²) >= 11 is 0. The summed E-state index contributed by atoms with van der Waals surface area (Å²) < 4.78 is 7.30. The van der Waals surface area contributed by atoms with Gasteiger partial charge in [-0.1, -0.05) is 0 Å². The minimum Gasteiger partial charge on any atom is -0.381 e. The van der Waals surface area contributed by atoms with Crippen molar-refractivity contribution in [2.24, 2.45) is 0 Å². The summed E-state index contributed by atoms with van der Waals surface area (Å²) in [6.45, 7) is 5.11. The quantitative estimate of drug-likeness (QED) is 0.685. The molecule has 0 aromatic carbocycles. The van der Waals surface area contributed by atoms with E-state index in [1.54, 1.807) is 29.9 Å². The molecule has 162 valence electrons. The predicted octanol–water partition coefficient (Wildman–Crippen LogP) is 0.626. The highest BCUT2D eigenvalue weighted by molar-refractivity contribution is 5.75. The average molecular weight is 407 g/mol. The maximum absolute atomic E-state index is 12.3. The number of rotatable bonds is 8. The summed E-state index contributed by atoms with van der Waals surface area (Å²) in [6, 6.07) is 2.72. The average Bonchev–Trinajstić information content (AvgIpc) is 3.42. The van der Waals surface area contributed by atoms with Crippen LogP contribution in [0.1, 0.15) is 25.7 Å². The zero-order chi connectivity index (χ0) is 20.6. The summed E-state index contributed by atoms with van der Waals surface area (Å²) in [5.74, 6) is 0.0447. The van der Waals surface area contributed by atoms with Crippen molar-refractivity contribution in [2.45, 2.75) is 44.3 Å². The van der Waals surface area contributed by atoms with Gasteiger partial charge in [0.05, 0.1) is 0 Å². The summed E-state index contributed by atoms with van der Waals surface area (Å²) in [5.41, 5.74) is 0. The van der Waals surface area contributed by atoms with Crippen LogP contribution in [0.15, 0.2) is 18.5 Å². The van der Waals surface area contributed by atoms with Gasteiger partial charge < -0.3 is 19.9 Å². The molecule has 9 heteroatoms. The molecule has 2 saturated heterocycles. The van der Waals surface area contributed by atoms with Crippen LogP contribution in [-0.4, -0.2) is 102 Å². The van der Waals surface area contributed by atoms with Gasteiger partial charge in [0.1, 0.15) is 0 Å². The molecule has 1 atom stereocenters. The first-order chi connectivity index (χ1) is 14.0. The standard InChI is InChI=1S/C20H34N6O3/c1-23(2)20(28)24-11-4-18(16-24)26(17-6-14-29-15-7-17)13-9-21-19(27)5-12-25-10-3-8-22-25/h3,8,10,17-18H,4-7,9,11-16H2,1-2H3,(H,21,27). The van der Waals surface area contributed by atoms with E-state index in [1.165, 1.54) is 0 Å². The normalized spacial score (nSPS) is 20.2. The van der Waals surface area contributed by atoms with Crippen LogP contribution in [0, 0.1) is 0 Å². The number of hydrogen-bond donors (Lipinski definition) is 1. The number of urea groups is 1. The molecule has 0 aliphatic carbocycles. The molecular formula is C20H34N6O3. The van der Waals surface area contributed by atoms with E-state index in [2.05, 4.69) is 15.3 Å². The van der Waals surface area contributed by atoms with Crippen molar-refractivity contribution in [2.75, 3.05) is 53.5 Å². The van der Waals surface area contributed by atoms with Gasteiger partial charge in [-0.2, -0.15) is 5.10 Å². The summed E-state index contributed by atoms with van der Waals surface area (Å²) in [4.78, 5) is 30.6. The van der Waals surface area contributed by atoms with Crippen molar-refractivity contribution in [3.05, 3.63) is 18.5 Å². The molecule has 1 N–H and O–H groups in total. The highest BCUT2D eigenvalue weighted by atomic mass is 16.5. The van der Waals surface area contributed by atoms with E-state index in [1.807, 2.05) is 17.2 Å². The fraction of sp³-hybridized carbons (Fsp3) is 0.750. The third-order valence-corrected chi connectivity index (χ3v) is 5.76. The molecule has 2 aliphatic heterocycles. The number of likely N-dealkylation sites (tertiary alicyclic amines) is 1. The van der Waals surface area contributed by atoms with Gasteiger partial charge in [-0.3, -0.25) is 14.4 Å². The number of carbonyl (C=O) groups is 2. The fourth-order valence-corrected chi connectivity index (χ4v) is 4.21. The smallest absolute Gasteiger partial charge is 0.319 e. The number of aromatic nitrogens is 2. The van der Waals surface area contributed by atoms with Crippen molar-refractivity contribution in [1.82, 2.24) is 29.8 Å². The van der Waals surface area contributed by atoms with Crippen molar-refractivity contribution >= 4 is 11.9 Å². The van der Waals surface area contributed by atoms with E-state index < -0.39 is 0 Å². The van der Waals surface area contributed by atoms with Crippen molar-refractivity contribution in [3.8, 4) is 0 Å². The molecule has 29 heavy (non-hydrogen) atoms. The van der Waals surface area contributed by atoms with Gasteiger partial charge in [-0.15, -0.1) is 0 Å². The predicted molar refractivity (Wildman–Crippen MR) is 109 cm³/mol. The van der Waals surface area contributed by atoms with Crippen LogP contribution in [0.25, 0.3) is 0 Å². The number of carbonyl (C=O) groups excluding carboxylic acids is 2. The molecule has 0 bridgehead atoms. The zero-order valence-electron chi connectivity index (χ0n) is 17.6. The van der Waals surface area contributed by atoms with Gasteiger partial charge in [-0.25, -0.2) is 4.79 Å². The largest absolute Gasteiger partial charge is 0.381 e. The number of nitrogens with one attached hydrogen (secondary N) is 1. The van der Waals surface area contributed by atoms with Crippen LogP contribution in [0.2, 0.25) is 0 Å². The Labute approximate surface area is 172 Å². The van der Waals surface area contributed by atoms with E-state index in [4.69, 9.17) is 4.74 Å². The Morgan fingerprint density at radius 2 is 2.00 bits per heavy atom. The number of aryl methyl sites for hydroxylation is 1. The maximum atomic E-state index is 12.3. The van der Waals surface area contributed by atoms with Gasteiger partial charge in [0.25, 0.3) is 0 Å². The minimum atomic E-state index is 0.0447. The maximum Gasteiger partial charge on any atom is 0.319 e. The van der Waals surface area contributed by atoms with E-state index >= 15 is 0 Å². The summed E-state index contributed by atoms with van der Waals surface area (Å²) in [7, 11) is 3.59. The number of nitrogens with zero attached hydrogens (tertiary/aromatic N) is 5. The Kier molecular flexibility index (Phi) is 7.88. The Morgan fingerprint density at radius 3 is 2.69 bits per heavy atom. The second-order valence-corrected chi connectivity index (χ2v) is 8.02. The van der Waals surface area contributed by atoms with Crippen LogP contribution < -0.4 is 5.32 Å². The topological polar surface area (TPSA) is 82.9 Å². The van der Waals surface area contributed by atoms with Crippen molar-refractivity contribution < 1.29 is 14.3 Å². The molecule has 0 saturated carbocycles. The molecule has 0 radical (unpaired) electrons. The Hall–Kier alpha value is -2.13. The minimum absolute atomic E-state index is 0.0447. The van der Waals surface area contributed by atoms with Crippen LogP contribution in [0.5, 0.6) is 0 Å². The van der Waals surface area contributed by atoms with Gasteiger partial charge >= 0.3 is 6.03 Å². The SMILES string of the molecule is CN(C)C(=O)N1CCC(N(CCNC(=O)CCn2cccn2)C2CCOCC2)C1. The Balaban J connectivity index is 1.49. The first-order valence-electron chi connectivity index (χ1n) is 10.6. The van der Waals surface area contributed by atoms with Gasteiger partial charge in [0.15, 0.2) is 0 Å². The Bertz CT molecular complexity index is 645. The van der Waals surface area contributed by atoms with Crippen LogP contribution in [0.3, 0.4) is 0 Å². The highest BCUT2D eigenvalue weighted by Crippen LogP contribution is 2.23. The molecule has 1 aromatic heterocycles. The first-order valence-corrected chi connectivity index (χ1v) is 10.6. The third kappa shape index (κ3) is 6.17. The zero-order valence-corrected chi connectivity index (χ0v) is 17.6. The lowest BCUT2D eigenvalue weighted by Crippen LogP contribution is -2.50. The van der Waals surface area contributed by atoms with Gasteiger partial charge in [0, 0.05) is 90.9 Å². The lowest BCUT2D eigenvalue weighted by atomic mass is 10.0. The monoisotopic (exact) mass is 406 g/mol. The second kappa shape index (κ2) is 10.6. The summed E-state index contributed by atoms with van der Waals surface area (Å²) in [5, 5.41) is 7.17. The van der Waals surface area contributed by atoms with Gasteiger partial charge in [-0.05, 0) is 25.3 Å². The lowest BCUT2D eigenvalue weighted by molar-refractivity contribution is -0.121. The molecular weight excluding hydrogens is 372 g/mol. The van der Waals surface area contributed by atoms with Crippen LogP contribution in [0.4, 0.5) is 4.79 Å². The van der Waals surface area contributed by atoms with Gasteiger partial charge in [0.2, 0.25) is 5.91 Å². The molecule has 2 fully saturated rings. The van der Waals surface area contributed by atoms with Crippen LogP contribution in [-0.2, 0) is 16.1 Å². The molecule has 2 aliphatic rings. The molecule has 9 nitrogen and oxygen atoms in total. The second-order valence-electron chi connectivity index (χ2n) is 8.02.